The number of hydrogen-bond donors (Lipinski definition) is 2. The summed E-state index contributed by atoms with van der Waals surface area (Å²) in [6, 6.07) is 7.67. The van der Waals surface area contributed by atoms with Crippen LogP contribution in [0.5, 0.6) is 0 Å². The van der Waals surface area contributed by atoms with Gasteiger partial charge in [0.1, 0.15) is 0 Å². The minimum absolute atomic E-state index is 0.158. The van der Waals surface area contributed by atoms with E-state index in [4.69, 9.17) is 5.73 Å². The fraction of sp³-hybridized carbons (Fsp3) is 0.533. The van der Waals surface area contributed by atoms with Crippen LogP contribution in [0.25, 0.3) is 0 Å². The maximum Gasteiger partial charge on any atom is 0.220 e. The van der Waals surface area contributed by atoms with Crippen LogP contribution in [0.4, 0.5) is 5.69 Å². The average molecular weight is 246 g/mol. The Morgan fingerprint density at radius 2 is 1.94 bits per heavy atom. The lowest BCUT2D eigenvalue weighted by atomic mass is 9.87. The number of anilines is 1. The van der Waals surface area contributed by atoms with Crippen LogP contribution in [0.2, 0.25) is 0 Å². The Morgan fingerprint density at radius 1 is 1.22 bits per heavy atom. The number of carbonyl (C=O) groups excluding carboxylic acids is 1. The maximum absolute atomic E-state index is 11.8. The van der Waals surface area contributed by atoms with Crippen LogP contribution < -0.4 is 11.1 Å². The topological polar surface area (TPSA) is 55.1 Å². The molecule has 0 unspecified atom stereocenters. The third kappa shape index (κ3) is 3.76. The number of benzene rings is 1. The number of hydrogen-bond acceptors (Lipinski definition) is 2. The van der Waals surface area contributed by atoms with Gasteiger partial charge < -0.3 is 11.1 Å². The summed E-state index contributed by atoms with van der Waals surface area (Å²) in [5.41, 5.74) is 7.58. The van der Waals surface area contributed by atoms with Crippen LogP contribution >= 0.6 is 0 Å². The van der Waals surface area contributed by atoms with Gasteiger partial charge in [-0.15, -0.1) is 0 Å². The van der Waals surface area contributed by atoms with Gasteiger partial charge in [0.2, 0.25) is 5.91 Å². The summed E-state index contributed by atoms with van der Waals surface area (Å²) in [6.45, 7) is 0.540. The summed E-state index contributed by atoms with van der Waals surface area (Å²) in [6.07, 6.45) is 6.99. The largest absolute Gasteiger partial charge is 0.398 e. The SMILES string of the molecule is Nc1ccccc1CNC(=O)CC1CCCCC1. The number of para-hydroxylation sites is 1. The predicted octanol–water partition coefficient (Wildman–Crippen LogP) is 2.86. The highest BCUT2D eigenvalue weighted by Gasteiger charge is 2.16. The van der Waals surface area contributed by atoms with Crippen LogP contribution in [0.3, 0.4) is 0 Å². The van der Waals surface area contributed by atoms with Crippen molar-refractivity contribution in [2.24, 2.45) is 5.92 Å². The van der Waals surface area contributed by atoms with Crippen LogP contribution in [-0.4, -0.2) is 5.91 Å². The Morgan fingerprint density at radius 3 is 2.67 bits per heavy atom. The van der Waals surface area contributed by atoms with E-state index in [2.05, 4.69) is 5.32 Å². The Balaban J connectivity index is 1.76. The quantitative estimate of drug-likeness (QED) is 0.803. The second-order valence-corrected chi connectivity index (χ2v) is 5.18. The number of amides is 1. The summed E-state index contributed by atoms with van der Waals surface area (Å²) in [4.78, 5) is 11.8. The molecule has 98 valence electrons. The van der Waals surface area contributed by atoms with Crippen molar-refractivity contribution in [3.05, 3.63) is 29.8 Å². The van der Waals surface area contributed by atoms with Gasteiger partial charge in [0, 0.05) is 18.7 Å². The van der Waals surface area contributed by atoms with Gasteiger partial charge in [0.25, 0.3) is 0 Å². The molecule has 18 heavy (non-hydrogen) atoms. The van der Waals surface area contributed by atoms with E-state index >= 15 is 0 Å². The predicted molar refractivity (Wildman–Crippen MR) is 73.9 cm³/mol. The molecular formula is C15H22N2O. The molecule has 0 radical (unpaired) electrons. The number of carbonyl (C=O) groups is 1. The van der Waals surface area contributed by atoms with E-state index in [0.717, 1.165) is 11.3 Å². The first kappa shape index (κ1) is 12.9. The number of nitrogen functional groups attached to an aromatic ring is 1. The zero-order valence-electron chi connectivity index (χ0n) is 10.8. The molecule has 3 N–H and O–H groups in total. The molecular weight excluding hydrogens is 224 g/mol. The van der Waals surface area contributed by atoms with Crippen LogP contribution in [0, 0.1) is 5.92 Å². The van der Waals surface area contributed by atoms with Crippen molar-refractivity contribution in [3.8, 4) is 0 Å². The molecule has 1 saturated carbocycles. The second kappa shape index (κ2) is 6.43. The molecule has 1 fully saturated rings. The fourth-order valence-corrected chi connectivity index (χ4v) is 2.61. The minimum Gasteiger partial charge on any atom is -0.398 e. The van der Waals surface area contributed by atoms with E-state index in [-0.39, 0.29) is 5.91 Å². The highest BCUT2D eigenvalue weighted by atomic mass is 16.1. The molecule has 0 aromatic heterocycles. The van der Waals surface area contributed by atoms with Crippen LogP contribution in [0.15, 0.2) is 24.3 Å². The zero-order valence-corrected chi connectivity index (χ0v) is 10.8. The lowest BCUT2D eigenvalue weighted by Gasteiger charge is -2.20. The Hall–Kier alpha value is -1.51. The maximum atomic E-state index is 11.8. The summed E-state index contributed by atoms with van der Waals surface area (Å²) < 4.78 is 0. The first-order chi connectivity index (χ1) is 8.75. The van der Waals surface area contributed by atoms with Gasteiger partial charge >= 0.3 is 0 Å². The van der Waals surface area contributed by atoms with E-state index in [9.17, 15) is 4.79 Å². The van der Waals surface area contributed by atoms with Gasteiger partial charge in [0.15, 0.2) is 0 Å². The molecule has 0 bridgehead atoms. The molecule has 0 atom stereocenters. The summed E-state index contributed by atoms with van der Waals surface area (Å²) in [5.74, 6) is 0.747. The standard InChI is InChI=1S/C15H22N2O/c16-14-9-5-4-8-13(14)11-17-15(18)10-12-6-2-1-3-7-12/h4-5,8-9,12H,1-3,6-7,10-11,16H2,(H,17,18). The molecule has 1 aliphatic rings. The zero-order chi connectivity index (χ0) is 12.8. The normalized spacial score (nSPS) is 16.4. The summed E-state index contributed by atoms with van der Waals surface area (Å²) in [5, 5.41) is 2.97. The smallest absolute Gasteiger partial charge is 0.220 e. The van der Waals surface area contributed by atoms with Crippen molar-refractivity contribution in [1.82, 2.24) is 5.32 Å². The van der Waals surface area contributed by atoms with Gasteiger partial charge in [-0.3, -0.25) is 4.79 Å². The van der Waals surface area contributed by atoms with Gasteiger partial charge in [-0.1, -0.05) is 37.5 Å². The molecule has 2 rings (SSSR count). The van der Waals surface area contributed by atoms with Crippen molar-refractivity contribution in [1.29, 1.82) is 0 Å². The van der Waals surface area contributed by atoms with Crippen molar-refractivity contribution in [2.45, 2.75) is 45.1 Å². The lowest BCUT2D eigenvalue weighted by molar-refractivity contribution is -0.122. The van der Waals surface area contributed by atoms with Crippen molar-refractivity contribution < 1.29 is 4.79 Å². The average Bonchev–Trinajstić information content (AvgIpc) is 2.39. The van der Waals surface area contributed by atoms with Gasteiger partial charge in [-0.05, 0) is 30.4 Å². The Bertz CT molecular complexity index is 397. The van der Waals surface area contributed by atoms with E-state index < -0.39 is 0 Å². The van der Waals surface area contributed by atoms with Crippen molar-refractivity contribution in [2.75, 3.05) is 5.73 Å². The third-order valence-electron chi connectivity index (χ3n) is 3.73. The second-order valence-electron chi connectivity index (χ2n) is 5.18. The molecule has 1 aliphatic carbocycles. The molecule has 1 aromatic rings. The van der Waals surface area contributed by atoms with Gasteiger partial charge in [-0.25, -0.2) is 0 Å². The van der Waals surface area contributed by atoms with E-state index in [1.165, 1.54) is 32.1 Å². The number of rotatable bonds is 4. The van der Waals surface area contributed by atoms with Crippen LogP contribution in [0.1, 0.15) is 44.1 Å². The Kier molecular flexibility index (Phi) is 4.62. The highest BCUT2D eigenvalue weighted by molar-refractivity contribution is 5.76. The number of nitrogens with two attached hydrogens (primary N) is 1. The molecule has 0 saturated heterocycles. The molecule has 1 aromatic carbocycles. The summed E-state index contributed by atoms with van der Waals surface area (Å²) >= 11 is 0. The molecule has 0 heterocycles. The molecule has 0 spiro atoms. The third-order valence-corrected chi connectivity index (χ3v) is 3.73. The van der Waals surface area contributed by atoms with Gasteiger partial charge in [0.05, 0.1) is 0 Å². The molecule has 3 heteroatoms. The van der Waals surface area contributed by atoms with E-state index in [0.29, 0.717) is 18.9 Å². The molecule has 0 aliphatic heterocycles. The van der Waals surface area contributed by atoms with E-state index in [1.807, 2.05) is 24.3 Å². The van der Waals surface area contributed by atoms with Crippen molar-refractivity contribution >= 4 is 11.6 Å². The first-order valence-electron chi connectivity index (χ1n) is 6.86. The highest BCUT2D eigenvalue weighted by Crippen LogP contribution is 2.26. The van der Waals surface area contributed by atoms with E-state index in [1.54, 1.807) is 0 Å². The van der Waals surface area contributed by atoms with Crippen molar-refractivity contribution in [3.63, 3.8) is 0 Å². The molecule has 1 amide bonds. The Labute approximate surface area is 109 Å². The first-order valence-corrected chi connectivity index (χ1v) is 6.86. The van der Waals surface area contributed by atoms with Gasteiger partial charge in [-0.2, -0.15) is 0 Å². The molecule has 3 nitrogen and oxygen atoms in total. The monoisotopic (exact) mass is 246 g/mol. The minimum atomic E-state index is 0.158. The van der Waals surface area contributed by atoms with Crippen LogP contribution in [-0.2, 0) is 11.3 Å². The summed E-state index contributed by atoms with van der Waals surface area (Å²) in [7, 11) is 0. The number of nitrogens with one attached hydrogen (secondary N) is 1. The lowest BCUT2D eigenvalue weighted by Crippen LogP contribution is -2.26. The fourth-order valence-electron chi connectivity index (χ4n) is 2.61.